The van der Waals surface area contributed by atoms with Gasteiger partial charge in [0.15, 0.2) is 5.82 Å². The lowest BCUT2D eigenvalue weighted by molar-refractivity contribution is -0.118. The Balaban J connectivity index is 1.34. The molecule has 9 nitrogen and oxygen atoms in total. The van der Waals surface area contributed by atoms with Crippen LogP contribution in [-0.2, 0) is 11.2 Å². The molecule has 1 aliphatic heterocycles. The summed E-state index contributed by atoms with van der Waals surface area (Å²) in [5.41, 5.74) is 3.31. The minimum absolute atomic E-state index is 0.0372. The van der Waals surface area contributed by atoms with Crippen LogP contribution in [0, 0.1) is 0 Å². The second-order valence-electron chi connectivity index (χ2n) is 10.5. The van der Waals surface area contributed by atoms with E-state index < -0.39 is 0 Å². The highest BCUT2D eigenvalue weighted by Gasteiger charge is 2.32. The highest BCUT2D eigenvalue weighted by Crippen LogP contribution is 2.27. The number of carbonyl (C=O) groups is 2. The molecule has 0 saturated carbocycles. The number of nitrogens with zero attached hydrogens (tertiary/aromatic N) is 4. The fourth-order valence-electron chi connectivity index (χ4n) is 5.43. The van der Waals surface area contributed by atoms with Gasteiger partial charge in [0.2, 0.25) is 5.91 Å². The summed E-state index contributed by atoms with van der Waals surface area (Å²) in [4.78, 5) is 42.2. The van der Waals surface area contributed by atoms with Crippen LogP contribution < -0.4 is 10.6 Å². The Morgan fingerprint density at radius 3 is 2.30 bits per heavy atom. The van der Waals surface area contributed by atoms with Crippen molar-refractivity contribution in [3.8, 4) is 11.4 Å². The molecule has 3 N–H and O–H groups in total. The molecular weight excluding hydrogens is 502 g/mol. The van der Waals surface area contributed by atoms with Gasteiger partial charge in [0, 0.05) is 57.3 Å². The lowest BCUT2D eigenvalue weighted by atomic mass is 10.1. The first-order chi connectivity index (χ1) is 19.4. The van der Waals surface area contributed by atoms with E-state index in [1.54, 1.807) is 0 Å². The number of aromatic amines is 1. The summed E-state index contributed by atoms with van der Waals surface area (Å²) in [5, 5.41) is 6.85. The number of rotatable bonds is 9. The summed E-state index contributed by atoms with van der Waals surface area (Å²) < 4.78 is 0. The lowest BCUT2D eigenvalue weighted by Gasteiger charge is -2.44. The van der Waals surface area contributed by atoms with Gasteiger partial charge in [-0.2, -0.15) is 0 Å². The molecule has 1 saturated heterocycles. The highest BCUT2D eigenvalue weighted by molar-refractivity contribution is 6.00. The van der Waals surface area contributed by atoms with Gasteiger partial charge in [0.1, 0.15) is 17.2 Å². The van der Waals surface area contributed by atoms with E-state index in [-0.39, 0.29) is 23.9 Å². The Morgan fingerprint density at radius 2 is 1.62 bits per heavy atom. The van der Waals surface area contributed by atoms with Crippen molar-refractivity contribution in [2.75, 3.05) is 38.0 Å². The van der Waals surface area contributed by atoms with Gasteiger partial charge in [-0.05, 0) is 31.9 Å². The molecule has 4 aromatic rings. The Morgan fingerprint density at radius 1 is 0.950 bits per heavy atom. The molecule has 0 aliphatic carbocycles. The fourth-order valence-corrected chi connectivity index (χ4v) is 5.43. The molecular formula is C31H37N7O2. The van der Waals surface area contributed by atoms with E-state index >= 15 is 0 Å². The van der Waals surface area contributed by atoms with Crippen molar-refractivity contribution < 1.29 is 9.59 Å². The Bertz CT molecular complexity index is 1440. The summed E-state index contributed by atoms with van der Waals surface area (Å²) in [7, 11) is 0. The van der Waals surface area contributed by atoms with E-state index in [4.69, 9.17) is 9.97 Å². The highest BCUT2D eigenvalue weighted by atomic mass is 16.2. The van der Waals surface area contributed by atoms with Crippen molar-refractivity contribution in [2.24, 2.45) is 0 Å². The van der Waals surface area contributed by atoms with Crippen LogP contribution in [0.3, 0.4) is 0 Å². The number of carbonyl (C=O) groups excluding carboxylic acids is 2. The predicted molar refractivity (Wildman–Crippen MR) is 158 cm³/mol. The molecule has 40 heavy (non-hydrogen) atoms. The first kappa shape index (κ1) is 27.3. The molecule has 2 aromatic heterocycles. The summed E-state index contributed by atoms with van der Waals surface area (Å²) in [5.74, 6) is 1.06. The van der Waals surface area contributed by atoms with Gasteiger partial charge >= 0.3 is 0 Å². The fraction of sp³-hybridized carbons (Fsp3) is 0.355. The van der Waals surface area contributed by atoms with Crippen LogP contribution in [0.5, 0.6) is 0 Å². The predicted octanol–water partition coefficient (Wildman–Crippen LogP) is 3.95. The number of benzene rings is 2. The number of nitrogens with one attached hydrogen (secondary N) is 3. The third-order valence-electron chi connectivity index (χ3n) is 7.43. The van der Waals surface area contributed by atoms with Crippen LogP contribution in [0.15, 0.2) is 66.7 Å². The number of fused-ring (bicyclic) bond motifs is 1. The number of H-pyrrole nitrogens is 1. The summed E-state index contributed by atoms with van der Waals surface area (Å²) in [6.07, 6.45) is 0.992. The van der Waals surface area contributed by atoms with Gasteiger partial charge in [0.05, 0.1) is 5.39 Å². The lowest BCUT2D eigenvalue weighted by Crippen LogP contribution is -2.58. The average Bonchev–Trinajstić information content (AvgIpc) is 3.40. The molecule has 2 unspecified atom stereocenters. The van der Waals surface area contributed by atoms with Crippen LogP contribution in [-0.4, -0.2) is 81.4 Å². The van der Waals surface area contributed by atoms with Crippen molar-refractivity contribution in [1.82, 2.24) is 30.1 Å². The van der Waals surface area contributed by atoms with Crippen LogP contribution in [0.1, 0.15) is 36.8 Å². The van der Waals surface area contributed by atoms with Crippen molar-refractivity contribution in [2.45, 2.75) is 39.3 Å². The van der Waals surface area contributed by atoms with E-state index in [0.717, 1.165) is 23.9 Å². The molecule has 1 aliphatic rings. The Labute approximate surface area is 235 Å². The zero-order valence-corrected chi connectivity index (χ0v) is 23.4. The molecule has 2 atom stereocenters. The molecule has 0 radical (unpaired) electrons. The molecule has 2 aromatic carbocycles. The normalized spacial score (nSPS) is 17.6. The smallest absolute Gasteiger partial charge is 0.270 e. The van der Waals surface area contributed by atoms with Gasteiger partial charge in [-0.25, -0.2) is 9.97 Å². The van der Waals surface area contributed by atoms with Gasteiger partial charge in [0.25, 0.3) is 5.91 Å². The van der Waals surface area contributed by atoms with Crippen LogP contribution >= 0.6 is 0 Å². The van der Waals surface area contributed by atoms with Gasteiger partial charge < -0.3 is 20.5 Å². The largest absolute Gasteiger partial charge is 0.368 e. The van der Waals surface area contributed by atoms with Crippen LogP contribution in [0.2, 0.25) is 0 Å². The number of piperazine rings is 1. The van der Waals surface area contributed by atoms with Crippen molar-refractivity contribution in [3.05, 3.63) is 78.0 Å². The topological polar surface area (TPSA) is 106 Å². The number of anilines is 1. The second-order valence-corrected chi connectivity index (χ2v) is 10.5. The van der Waals surface area contributed by atoms with Gasteiger partial charge in [-0.3, -0.25) is 14.5 Å². The van der Waals surface area contributed by atoms with E-state index in [0.29, 0.717) is 49.2 Å². The summed E-state index contributed by atoms with van der Waals surface area (Å²) in [6, 6.07) is 22.6. The third-order valence-corrected chi connectivity index (χ3v) is 7.43. The van der Waals surface area contributed by atoms with Crippen molar-refractivity contribution in [3.63, 3.8) is 0 Å². The van der Waals surface area contributed by atoms with Crippen LogP contribution in [0.25, 0.3) is 22.4 Å². The maximum absolute atomic E-state index is 13.7. The number of hydrogen-bond acceptors (Lipinski definition) is 6. The third kappa shape index (κ3) is 6.31. The molecule has 0 spiro atoms. The average molecular weight is 540 g/mol. The van der Waals surface area contributed by atoms with Crippen LogP contribution in [0.4, 0.5) is 5.82 Å². The van der Waals surface area contributed by atoms with Crippen molar-refractivity contribution >= 4 is 28.7 Å². The monoisotopic (exact) mass is 539 g/mol. The van der Waals surface area contributed by atoms with Gasteiger partial charge in [-0.15, -0.1) is 0 Å². The first-order valence-electron chi connectivity index (χ1n) is 13.9. The summed E-state index contributed by atoms with van der Waals surface area (Å²) in [6.45, 7) is 9.13. The number of amides is 2. The van der Waals surface area contributed by atoms with E-state index in [1.807, 2.05) is 47.4 Å². The maximum atomic E-state index is 13.7. The second kappa shape index (κ2) is 12.3. The van der Waals surface area contributed by atoms with Crippen molar-refractivity contribution in [1.29, 1.82) is 0 Å². The minimum Gasteiger partial charge on any atom is -0.368 e. The zero-order valence-electron chi connectivity index (χ0n) is 23.4. The van der Waals surface area contributed by atoms with Gasteiger partial charge in [-0.1, -0.05) is 60.7 Å². The zero-order chi connectivity index (χ0) is 28.1. The molecule has 208 valence electrons. The minimum atomic E-state index is -0.0854. The quantitative estimate of drug-likeness (QED) is 0.278. The first-order valence-corrected chi connectivity index (χ1v) is 13.9. The van der Waals surface area contributed by atoms with E-state index in [1.165, 1.54) is 12.5 Å². The molecule has 9 heteroatoms. The SMILES string of the molecule is CC(=O)NCCNc1nc(-c2ccccc2)nc2[nH]c(C(=O)N3CC(C)N(CCc4ccccc4)C(C)C3)cc12. The molecule has 5 rings (SSSR count). The maximum Gasteiger partial charge on any atom is 0.270 e. The molecule has 2 amide bonds. The Hall–Kier alpha value is -4.24. The number of aromatic nitrogens is 3. The molecule has 1 fully saturated rings. The Kier molecular flexibility index (Phi) is 8.40. The van der Waals surface area contributed by atoms with E-state index in [2.05, 4.69) is 58.6 Å². The standard InChI is InChI=1S/C31H37N7O2/c1-21-19-37(20-22(2)38(21)17-14-24-10-6-4-7-11-24)31(40)27-18-26-29(33-16-15-32-23(3)39)35-28(36-30(26)34-27)25-12-8-5-9-13-25/h4-13,18,21-22H,14-17,19-20H2,1-3H3,(H,32,39)(H2,33,34,35,36). The summed E-state index contributed by atoms with van der Waals surface area (Å²) >= 11 is 0. The molecule has 0 bridgehead atoms. The van der Waals surface area contributed by atoms with E-state index in [9.17, 15) is 9.59 Å². The molecule has 3 heterocycles. The number of hydrogen-bond donors (Lipinski definition) is 3.